The van der Waals surface area contributed by atoms with Gasteiger partial charge in [0.1, 0.15) is 0 Å². The fraction of sp³-hybridized carbons (Fsp3) is 0.250. The second-order valence-electron chi connectivity index (χ2n) is 6.84. The second-order valence-corrected chi connectivity index (χ2v) is 6.84. The predicted molar refractivity (Wildman–Crippen MR) is 91.1 cm³/mol. The number of hydrogen-bond acceptors (Lipinski definition) is 2. The highest BCUT2D eigenvalue weighted by Gasteiger charge is 2.30. The zero-order chi connectivity index (χ0) is 18.2. The molecule has 1 heterocycles. The average Bonchev–Trinajstić information content (AvgIpc) is 2.53. The van der Waals surface area contributed by atoms with Crippen LogP contribution in [-0.2, 0) is 12.6 Å². The summed E-state index contributed by atoms with van der Waals surface area (Å²) < 4.78 is 37.9. The minimum atomic E-state index is -4.41. The number of halogens is 3. The van der Waals surface area contributed by atoms with Gasteiger partial charge in [-0.2, -0.15) is 13.2 Å². The van der Waals surface area contributed by atoms with Crippen molar-refractivity contribution in [2.45, 2.75) is 32.0 Å². The minimum Gasteiger partial charge on any atom is -0.379 e. The molecule has 2 aromatic carbocycles. The maximum atomic E-state index is 12.6. The van der Waals surface area contributed by atoms with Gasteiger partial charge in [-0.25, -0.2) is 0 Å². The summed E-state index contributed by atoms with van der Waals surface area (Å²) in [7, 11) is 0. The van der Waals surface area contributed by atoms with Crippen molar-refractivity contribution in [1.82, 2.24) is 5.32 Å². The first kappa shape index (κ1) is 17.3. The maximum absolute atomic E-state index is 12.6. The van der Waals surface area contributed by atoms with Gasteiger partial charge in [0.15, 0.2) is 5.78 Å². The van der Waals surface area contributed by atoms with Crippen LogP contribution in [0.25, 0.3) is 5.70 Å². The van der Waals surface area contributed by atoms with Crippen LogP contribution in [0.4, 0.5) is 13.2 Å². The largest absolute Gasteiger partial charge is 0.416 e. The Morgan fingerprint density at radius 2 is 1.72 bits per heavy atom. The molecule has 2 aromatic rings. The van der Waals surface area contributed by atoms with E-state index >= 15 is 0 Å². The fourth-order valence-electron chi connectivity index (χ4n) is 3.04. The Bertz CT molecular complexity index is 833. The molecular formula is C20H18F3NO. The van der Waals surface area contributed by atoms with E-state index in [1.165, 1.54) is 18.2 Å². The molecule has 1 aliphatic heterocycles. The smallest absolute Gasteiger partial charge is 0.379 e. The highest BCUT2D eigenvalue weighted by atomic mass is 19.4. The quantitative estimate of drug-likeness (QED) is 0.622. The Morgan fingerprint density at radius 1 is 1.08 bits per heavy atom. The summed E-state index contributed by atoms with van der Waals surface area (Å²) in [5.74, 6) is -0.330. The molecule has 0 saturated heterocycles. The number of fused-ring (bicyclic) bond motifs is 1. The van der Waals surface area contributed by atoms with E-state index in [9.17, 15) is 18.0 Å². The molecule has 3 rings (SSSR count). The number of hydrogen-bond donors (Lipinski definition) is 1. The first-order valence-electron chi connectivity index (χ1n) is 7.95. The summed E-state index contributed by atoms with van der Waals surface area (Å²) in [5, 5.41) is 3.35. The molecule has 0 fully saturated rings. The molecule has 0 aromatic heterocycles. The van der Waals surface area contributed by atoms with E-state index in [0.29, 0.717) is 5.70 Å². The third kappa shape index (κ3) is 3.76. The van der Waals surface area contributed by atoms with Crippen molar-refractivity contribution in [2.75, 3.05) is 0 Å². The number of benzene rings is 2. The Labute approximate surface area is 144 Å². The van der Waals surface area contributed by atoms with Gasteiger partial charge in [-0.1, -0.05) is 36.4 Å². The van der Waals surface area contributed by atoms with Gasteiger partial charge in [0.2, 0.25) is 0 Å². The monoisotopic (exact) mass is 345 g/mol. The van der Waals surface area contributed by atoms with Crippen molar-refractivity contribution in [3.63, 3.8) is 0 Å². The number of alkyl halides is 3. The van der Waals surface area contributed by atoms with Crippen LogP contribution >= 0.6 is 0 Å². The summed E-state index contributed by atoms with van der Waals surface area (Å²) in [6.07, 6.45) is -2.12. The zero-order valence-corrected chi connectivity index (χ0v) is 13.9. The molecule has 0 spiro atoms. The zero-order valence-electron chi connectivity index (χ0n) is 13.9. The number of carbonyl (C=O) groups excluding carboxylic acids is 1. The molecule has 1 N–H and O–H groups in total. The van der Waals surface area contributed by atoms with Gasteiger partial charge in [0.05, 0.1) is 5.56 Å². The summed E-state index contributed by atoms with van der Waals surface area (Å²) in [6.45, 7) is 4.08. The Morgan fingerprint density at radius 3 is 2.36 bits per heavy atom. The number of carbonyl (C=O) groups is 1. The van der Waals surface area contributed by atoms with Gasteiger partial charge in [-0.15, -0.1) is 0 Å². The van der Waals surface area contributed by atoms with Crippen LogP contribution in [0.1, 0.15) is 40.9 Å². The summed E-state index contributed by atoms with van der Waals surface area (Å²) >= 11 is 0. The van der Waals surface area contributed by atoms with Crippen LogP contribution in [0.2, 0.25) is 0 Å². The first-order chi connectivity index (χ1) is 11.7. The van der Waals surface area contributed by atoms with Gasteiger partial charge in [0, 0.05) is 28.4 Å². The van der Waals surface area contributed by atoms with Crippen molar-refractivity contribution in [1.29, 1.82) is 0 Å². The molecule has 0 radical (unpaired) electrons. The molecule has 5 heteroatoms. The van der Waals surface area contributed by atoms with E-state index in [0.717, 1.165) is 29.7 Å². The van der Waals surface area contributed by atoms with Gasteiger partial charge in [-0.3, -0.25) is 4.79 Å². The van der Waals surface area contributed by atoms with Crippen LogP contribution < -0.4 is 5.32 Å². The molecule has 0 saturated carbocycles. The highest BCUT2D eigenvalue weighted by molar-refractivity contribution is 6.08. The van der Waals surface area contributed by atoms with Crippen LogP contribution in [0.15, 0.2) is 54.6 Å². The van der Waals surface area contributed by atoms with Gasteiger partial charge in [0.25, 0.3) is 0 Å². The summed E-state index contributed by atoms with van der Waals surface area (Å²) in [5.41, 5.74) is 2.03. The van der Waals surface area contributed by atoms with Crippen molar-refractivity contribution in [3.8, 4) is 0 Å². The molecule has 2 nitrogen and oxygen atoms in total. The fourth-order valence-corrected chi connectivity index (χ4v) is 3.04. The van der Waals surface area contributed by atoms with Crippen molar-refractivity contribution >= 4 is 11.5 Å². The van der Waals surface area contributed by atoms with E-state index in [4.69, 9.17) is 0 Å². The van der Waals surface area contributed by atoms with Crippen molar-refractivity contribution in [2.24, 2.45) is 0 Å². The summed E-state index contributed by atoms with van der Waals surface area (Å²) in [4.78, 5) is 12.5. The van der Waals surface area contributed by atoms with E-state index in [1.807, 2.05) is 38.1 Å². The maximum Gasteiger partial charge on any atom is 0.416 e. The van der Waals surface area contributed by atoms with Crippen LogP contribution in [-0.4, -0.2) is 11.3 Å². The first-order valence-corrected chi connectivity index (χ1v) is 7.95. The average molecular weight is 345 g/mol. The van der Waals surface area contributed by atoms with Gasteiger partial charge in [-0.05, 0) is 38.0 Å². The van der Waals surface area contributed by atoms with E-state index in [1.54, 1.807) is 0 Å². The molecule has 0 bridgehead atoms. The molecule has 130 valence electrons. The molecule has 25 heavy (non-hydrogen) atoms. The number of ketones is 1. The van der Waals surface area contributed by atoms with Gasteiger partial charge >= 0.3 is 6.18 Å². The lowest BCUT2D eigenvalue weighted by molar-refractivity contribution is -0.137. The number of nitrogens with one attached hydrogen (secondary N) is 1. The van der Waals surface area contributed by atoms with Gasteiger partial charge < -0.3 is 5.32 Å². The predicted octanol–water partition coefficient (Wildman–Crippen LogP) is 4.85. The lowest BCUT2D eigenvalue weighted by Crippen LogP contribution is -2.43. The van der Waals surface area contributed by atoms with E-state index in [2.05, 4.69) is 5.32 Å². The van der Waals surface area contributed by atoms with Crippen LogP contribution in [0, 0.1) is 0 Å². The van der Waals surface area contributed by atoms with Crippen LogP contribution in [0.5, 0.6) is 0 Å². The van der Waals surface area contributed by atoms with Crippen molar-refractivity contribution < 1.29 is 18.0 Å². The number of allylic oxidation sites excluding steroid dienone is 1. The highest BCUT2D eigenvalue weighted by Crippen LogP contribution is 2.31. The molecule has 1 aliphatic rings. The normalized spacial score (nSPS) is 17.7. The molecule has 0 atom stereocenters. The molecule has 0 aliphatic carbocycles. The topological polar surface area (TPSA) is 29.1 Å². The summed E-state index contributed by atoms with van der Waals surface area (Å²) in [6, 6.07) is 12.1. The third-order valence-corrected chi connectivity index (χ3v) is 4.19. The molecule has 0 amide bonds. The van der Waals surface area contributed by atoms with E-state index < -0.39 is 11.7 Å². The Hall–Kier alpha value is -2.56. The van der Waals surface area contributed by atoms with Crippen LogP contribution in [0.3, 0.4) is 0 Å². The minimum absolute atomic E-state index is 0.208. The Balaban J connectivity index is 1.93. The Kier molecular flexibility index (Phi) is 4.19. The third-order valence-electron chi connectivity index (χ3n) is 4.19. The second kappa shape index (κ2) is 6.06. The molecular weight excluding hydrogens is 327 g/mol. The SMILES string of the molecule is CC1(C)Cc2ccccc2C(=CC(=O)c2ccc(C(F)(F)F)cc2)N1. The lowest BCUT2D eigenvalue weighted by Gasteiger charge is -2.35. The molecule has 0 unspecified atom stereocenters. The lowest BCUT2D eigenvalue weighted by atomic mass is 9.85. The number of rotatable bonds is 2. The van der Waals surface area contributed by atoms with Crippen molar-refractivity contribution in [3.05, 3.63) is 76.9 Å². The van der Waals surface area contributed by atoms with E-state index in [-0.39, 0.29) is 16.9 Å². The standard InChI is InChI=1S/C20H18F3NO/c1-19(2)12-14-5-3-4-6-16(14)17(24-19)11-18(25)13-7-9-15(10-8-13)20(21,22)23/h3-11,24H,12H2,1-2H3.